The predicted octanol–water partition coefficient (Wildman–Crippen LogP) is 4.99. The first kappa shape index (κ1) is 20.3. The van der Waals surface area contributed by atoms with Gasteiger partial charge in [-0.1, -0.05) is 23.7 Å². The Bertz CT molecular complexity index is 785. The normalized spacial score (nSPS) is 12.3. The van der Waals surface area contributed by atoms with Crippen molar-refractivity contribution < 1.29 is 9.59 Å². The number of anilines is 1. The van der Waals surface area contributed by atoms with E-state index in [1.165, 1.54) is 11.8 Å². The second-order valence-corrected chi connectivity index (χ2v) is 8.80. The summed E-state index contributed by atoms with van der Waals surface area (Å²) in [4.78, 5) is 26.0. The Morgan fingerprint density at radius 1 is 1.04 bits per heavy atom. The summed E-state index contributed by atoms with van der Waals surface area (Å²) in [6.45, 7) is 7.57. The number of amides is 2. The van der Waals surface area contributed by atoms with Crippen LogP contribution in [0, 0.1) is 0 Å². The lowest BCUT2D eigenvalue weighted by atomic mass is 10.1. The summed E-state index contributed by atoms with van der Waals surface area (Å²) in [7, 11) is 0. The smallest absolute Gasteiger partial charge is 0.253 e. The molecule has 2 N–H and O–H groups in total. The fourth-order valence-electron chi connectivity index (χ4n) is 2.20. The molecule has 0 saturated heterocycles. The average molecular weight is 391 g/mol. The third-order valence-electron chi connectivity index (χ3n) is 3.41. The van der Waals surface area contributed by atoms with Gasteiger partial charge in [0.2, 0.25) is 5.91 Å². The first-order valence-electron chi connectivity index (χ1n) is 8.30. The van der Waals surface area contributed by atoms with Gasteiger partial charge in [0, 0.05) is 15.5 Å². The Balaban J connectivity index is 2.08. The van der Waals surface area contributed by atoms with Gasteiger partial charge in [-0.25, -0.2) is 0 Å². The molecular formula is C20H23ClN2O2S. The first-order chi connectivity index (χ1) is 12.2. The SMILES string of the molecule is C[C@H](Sc1ccc(Cl)cc1)C(=O)Nc1ccccc1C(=O)NC(C)(C)C. The lowest BCUT2D eigenvalue weighted by Crippen LogP contribution is -2.41. The van der Waals surface area contributed by atoms with Crippen molar-refractivity contribution in [3.05, 3.63) is 59.1 Å². The topological polar surface area (TPSA) is 58.2 Å². The fraction of sp³-hybridized carbons (Fsp3) is 0.300. The van der Waals surface area contributed by atoms with Crippen molar-refractivity contribution in [2.75, 3.05) is 5.32 Å². The van der Waals surface area contributed by atoms with Gasteiger partial charge in [0.05, 0.1) is 16.5 Å². The minimum absolute atomic E-state index is 0.166. The molecule has 0 aliphatic heterocycles. The van der Waals surface area contributed by atoms with Gasteiger partial charge in [-0.2, -0.15) is 0 Å². The van der Waals surface area contributed by atoms with Crippen LogP contribution in [-0.4, -0.2) is 22.6 Å². The standard InChI is InChI=1S/C20H23ClN2O2S/c1-13(26-15-11-9-14(21)10-12-15)18(24)22-17-8-6-5-7-16(17)19(25)23-20(2,3)4/h5-13H,1-4H3,(H,22,24)(H,23,25)/t13-/m0/s1. The highest BCUT2D eigenvalue weighted by Crippen LogP contribution is 2.26. The molecule has 6 heteroatoms. The Kier molecular flexibility index (Phi) is 6.73. The molecule has 0 aliphatic rings. The largest absolute Gasteiger partial charge is 0.347 e. The Labute approximate surface area is 163 Å². The Morgan fingerprint density at radius 3 is 2.27 bits per heavy atom. The van der Waals surface area contributed by atoms with Crippen LogP contribution < -0.4 is 10.6 Å². The maximum absolute atomic E-state index is 12.6. The average Bonchev–Trinajstić information content (AvgIpc) is 2.55. The fourth-order valence-corrected chi connectivity index (χ4v) is 3.20. The quantitative estimate of drug-likeness (QED) is 0.707. The molecule has 0 saturated carbocycles. The molecule has 0 radical (unpaired) electrons. The predicted molar refractivity (Wildman–Crippen MR) is 109 cm³/mol. The van der Waals surface area contributed by atoms with Crippen LogP contribution >= 0.6 is 23.4 Å². The van der Waals surface area contributed by atoms with Gasteiger partial charge in [-0.05, 0) is 64.1 Å². The van der Waals surface area contributed by atoms with E-state index in [0.717, 1.165) is 4.90 Å². The summed E-state index contributed by atoms with van der Waals surface area (Å²) in [5.41, 5.74) is 0.591. The van der Waals surface area contributed by atoms with Gasteiger partial charge in [-0.15, -0.1) is 11.8 Å². The van der Waals surface area contributed by atoms with E-state index >= 15 is 0 Å². The van der Waals surface area contributed by atoms with Crippen LogP contribution in [0.25, 0.3) is 0 Å². The molecule has 2 aromatic rings. The van der Waals surface area contributed by atoms with E-state index in [-0.39, 0.29) is 22.6 Å². The van der Waals surface area contributed by atoms with Crippen LogP contribution in [0.1, 0.15) is 38.1 Å². The van der Waals surface area contributed by atoms with Gasteiger partial charge in [0.1, 0.15) is 0 Å². The summed E-state index contributed by atoms with van der Waals surface area (Å²) in [6.07, 6.45) is 0. The third kappa shape index (κ3) is 6.07. The molecule has 26 heavy (non-hydrogen) atoms. The highest BCUT2D eigenvalue weighted by Gasteiger charge is 2.20. The van der Waals surface area contributed by atoms with Crippen LogP contribution in [0.3, 0.4) is 0 Å². The van der Waals surface area contributed by atoms with Crippen LogP contribution in [0.15, 0.2) is 53.4 Å². The minimum Gasteiger partial charge on any atom is -0.347 e. The van der Waals surface area contributed by atoms with Gasteiger partial charge < -0.3 is 10.6 Å². The van der Waals surface area contributed by atoms with Gasteiger partial charge >= 0.3 is 0 Å². The number of hydrogen-bond donors (Lipinski definition) is 2. The number of para-hydroxylation sites is 1. The first-order valence-corrected chi connectivity index (χ1v) is 9.56. The van der Waals surface area contributed by atoms with Crippen molar-refractivity contribution >= 4 is 40.9 Å². The maximum atomic E-state index is 12.6. The van der Waals surface area contributed by atoms with Crippen molar-refractivity contribution in [3.8, 4) is 0 Å². The number of nitrogens with one attached hydrogen (secondary N) is 2. The number of rotatable bonds is 5. The number of carbonyl (C=O) groups excluding carboxylic acids is 2. The third-order valence-corrected chi connectivity index (χ3v) is 4.78. The van der Waals surface area contributed by atoms with Crippen molar-refractivity contribution in [2.45, 2.75) is 43.4 Å². The van der Waals surface area contributed by atoms with Crippen LogP contribution in [0.4, 0.5) is 5.69 Å². The van der Waals surface area contributed by atoms with E-state index in [1.54, 1.807) is 36.4 Å². The molecule has 1 atom stereocenters. The zero-order valence-electron chi connectivity index (χ0n) is 15.3. The summed E-state index contributed by atoms with van der Waals surface area (Å²) >= 11 is 7.32. The molecule has 0 unspecified atom stereocenters. The highest BCUT2D eigenvalue weighted by molar-refractivity contribution is 8.00. The number of thioether (sulfide) groups is 1. The second-order valence-electron chi connectivity index (χ2n) is 6.95. The molecular weight excluding hydrogens is 368 g/mol. The monoisotopic (exact) mass is 390 g/mol. The molecule has 0 fully saturated rings. The van der Waals surface area contributed by atoms with Gasteiger partial charge in [-0.3, -0.25) is 9.59 Å². The summed E-state index contributed by atoms with van der Waals surface area (Å²) in [6, 6.07) is 14.3. The summed E-state index contributed by atoms with van der Waals surface area (Å²) in [5.74, 6) is -0.382. The molecule has 2 amide bonds. The van der Waals surface area contributed by atoms with Crippen molar-refractivity contribution in [3.63, 3.8) is 0 Å². The highest BCUT2D eigenvalue weighted by atomic mass is 35.5. The molecule has 138 valence electrons. The Hall–Kier alpha value is -1.98. The maximum Gasteiger partial charge on any atom is 0.253 e. The number of benzene rings is 2. The van der Waals surface area contributed by atoms with Gasteiger partial charge in [0.15, 0.2) is 0 Å². The number of hydrogen-bond acceptors (Lipinski definition) is 3. The summed E-state index contributed by atoms with van der Waals surface area (Å²) in [5, 5.41) is 6.11. The molecule has 0 aliphatic carbocycles. The van der Waals surface area contributed by atoms with Crippen LogP contribution in [0.5, 0.6) is 0 Å². The lowest BCUT2D eigenvalue weighted by molar-refractivity contribution is -0.115. The van der Waals surface area contributed by atoms with E-state index in [9.17, 15) is 9.59 Å². The van der Waals surface area contributed by atoms with Crippen LogP contribution in [0.2, 0.25) is 5.02 Å². The molecule has 0 spiro atoms. The zero-order chi connectivity index (χ0) is 19.3. The van der Waals surface area contributed by atoms with E-state index in [2.05, 4.69) is 10.6 Å². The molecule has 4 nitrogen and oxygen atoms in total. The molecule has 2 aromatic carbocycles. The molecule has 0 heterocycles. The van der Waals surface area contributed by atoms with E-state index in [4.69, 9.17) is 11.6 Å². The Morgan fingerprint density at radius 2 is 1.65 bits per heavy atom. The molecule has 0 aromatic heterocycles. The van der Waals surface area contributed by atoms with E-state index < -0.39 is 0 Å². The molecule has 0 bridgehead atoms. The van der Waals surface area contributed by atoms with E-state index in [1.807, 2.05) is 39.8 Å². The van der Waals surface area contributed by atoms with Crippen molar-refractivity contribution in [2.24, 2.45) is 0 Å². The number of carbonyl (C=O) groups is 2. The summed E-state index contributed by atoms with van der Waals surface area (Å²) < 4.78 is 0. The van der Waals surface area contributed by atoms with Gasteiger partial charge in [0.25, 0.3) is 5.91 Å². The van der Waals surface area contributed by atoms with Crippen molar-refractivity contribution in [1.82, 2.24) is 5.32 Å². The number of halogens is 1. The molecule has 2 rings (SSSR count). The minimum atomic E-state index is -0.355. The lowest BCUT2D eigenvalue weighted by Gasteiger charge is -2.22. The van der Waals surface area contributed by atoms with E-state index in [0.29, 0.717) is 16.3 Å². The zero-order valence-corrected chi connectivity index (χ0v) is 16.9. The van der Waals surface area contributed by atoms with Crippen LogP contribution in [-0.2, 0) is 4.79 Å². The second kappa shape index (κ2) is 8.60. The van der Waals surface area contributed by atoms with Crippen molar-refractivity contribution in [1.29, 1.82) is 0 Å².